The maximum Gasteiger partial charge on any atom is 0.123 e. The first-order valence-corrected chi connectivity index (χ1v) is 7.19. The van der Waals surface area contributed by atoms with E-state index < -0.39 is 0 Å². The Bertz CT molecular complexity index is 595. The lowest BCUT2D eigenvalue weighted by atomic mass is 10.0. The first-order chi connectivity index (χ1) is 9.55. The van der Waals surface area contributed by atoms with Crippen LogP contribution in [0.2, 0.25) is 5.02 Å². The molecule has 0 saturated carbocycles. The second-order valence-corrected chi connectivity index (χ2v) is 5.18. The smallest absolute Gasteiger partial charge is 0.123 e. The zero-order chi connectivity index (χ0) is 14.7. The van der Waals surface area contributed by atoms with E-state index in [1.807, 2.05) is 17.7 Å². The van der Waals surface area contributed by atoms with Gasteiger partial charge in [-0.3, -0.25) is 4.68 Å². The average molecular weight is 296 g/mol. The standard InChI is InChI=1S/C15H19ClFN3/c1-3-12-9-15(20(4-2)19-12)14(18)8-10-7-11(17)5-6-13(10)16/h5-7,9,14H,3-4,8,18H2,1-2H3. The third-order valence-corrected chi connectivity index (χ3v) is 3.72. The Kier molecular flexibility index (Phi) is 4.78. The molecule has 3 nitrogen and oxygen atoms in total. The number of halogens is 2. The van der Waals surface area contributed by atoms with Gasteiger partial charge >= 0.3 is 0 Å². The summed E-state index contributed by atoms with van der Waals surface area (Å²) in [5, 5.41) is 5.02. The third kappa shape index (κ3) is 3.19. The normalized spacial score (nSPS) is 12.7. The van der Waals surface area contributed by atoms with Crippen molar-refractivity contribution in [2.45, 2.75) is 39.3 Å². The van der Waals surface area contributed by atoms with E-state index in [0.29, 0.717) is 11.4 Å². The summed E-state index contributed by atoms with van der Waals surface area (Å²) in [7, 11) is 0. The molecule has 108 valence electrons. The van der Waals surface area contributed by atoms with Crippen molar-refractivity contribution in [3.05, 3.63) is 52.1 Å². The van der Waals surface area contributed by atoms with E-state index >= 15 is 0 Å². The molecular weight excluding hydrogens is 277 g/mol. The van der Waals surface area contributed by atoms with Gasteiger partial charge in [-0.1, -0.05) is 18.5 Å². The van der Waals surface area contributed by atoms with Gasteiger partial charge in [-0.05, 0) is 49.6 Å². The van der Waals surface area contributed by atoms with Crippen molar-refractivity contribution in [3.63, 3.8) is 0 Å². The van der Waals surface area contributed by atoms with Crippen molar-refractivity contribution in [2.24, 2.45) is 5.73 Å². The molecule has 0 bridgehead atoms. The van der Waals surface area contributed by atoms with Crippen LogP contribution in [-0.4, -0.2) is 9.78 Å². The molecule has 1 heterocycles. The Hall–Kier alpha value is -1.39. The van der Waals surface area contributed by atoms with E-state index in [1.165, 1.54) is 12.1 Å². The van der Waals surface area contributed by atoms with Crippen molar-refractivity contribution in [1.29, 1.82) is 0 Å². The minimum Gasteiger partial charge on any atom is -0.322 e. The van der Waals surface area contributed by atoms with Crippen molar-refractivity contribution in [3.8, 4) is 0 Å². The Morgan fingerprint density at radius 3 is 2.75 bits per heavy atom. The quantitative estimate of drug-likeness (QED) is 0.917. The number of nitrogens with two attached hydrogens (primary N) is 1. The van der Waals surface area contributed by atoms with E-state index in [0.717, 1.165) is 29.9 Å². The van der Waals surface area contributed by atoms with E-state index in [2.05, 4.69) is 12.0 Å². The fourth-order valence-corrected chi connectivity index (χ4v) is 2.45. The topological polar surface area (TPSA) is 43.8 Å². The minimum atomic E-state index is -0.296. The van der Waals surface area contributed by atoms with Crippen molar-refractivity contribution in [1.82, 2.24) is 9.78 Å². The van der Waals surface area contributed by atoms with Gasteiger partial charge in [0, 0.05) is 11.6 Å². The molecule has 5 heteroatoms. The molecule has 1 aromatic carbocycles. The Morgan fingerprint density at radius 2 is 2.10 bits per heavy atom. The van der Waals surface area contributed by atoms with E-state index in [9.17, 15) is 4.39 Å². The van der Waals surface area contributed by atoms with Gasteiger partial charge < -0.3 is 5.73 Å². The van der Waals surface area contributed by atoms with Crippen molar-refractivity contribution >= 4 is 11.6 Å². The fraction of sp³-hybridized carbons (Fsp3) is 0.400. The first kappa shape index (κ1) is 15.0. The van der Waals surface area contributed by atoms with E-state index in [4.69, 9.17) is 17.3 Å². The number of hydrogen-bond acceptors (Lipinski definition) is 2. The zero-order valence-electron chi connectivity index (χ0n) is 11.7. The molecule has 0 fully saturated rings. The highest BCUT2D eigenvalue weighted by atomic mass is 35.5. The van der Waals surface area contributed by atoms with Crippen molar-refractivity contribution < 1.29 is 4.39 Å². The van der Waals surface area contributed by atoms with Crippen LogP contribution in [0.1, 0.15) is 36.8 Å². The van der Waals surface area contributed by atoms with Crippen LogP contribution in [0, 0.1) is 5.82 Å². The highest BCUT2D eigenvalue weighted by molar-refractivity contribution is 6.31. The van der Waals surface area contributed by atoms with Crippen molar-refractivity contribution in [2.75, 3.05) is 0 Å². The highest BCUT2D eigenvalue weighted by Crippen LogP contribution is 2.23. The lowest BCUT2D eigenvalue weighted by Crippen LogP contribution is -2.18. The lowest BCUT2D eigenvalue weighted by molar-refractivity contribution is 0.563. The van der Waals surface area contributed by atoms with Gasteiger partial charge in [0.05, 0.1) is 17.4 Å². The third-order valence-electron chi connectivity index (χ3n) is 3.35. The molecule has 2 aromatic rings. The van der Waals surface area contributed by atoms with Gasteiger partial charge in [0.2, 0.25) is 0 Å². The maximum atomic E-state index is 13.3. The molecule has 0 aliphatic rings. The van der Waals surface area contributed by atoms with Crippen LogP contribution in [0.15, 0.2) is 24.3 Å². The fourth-order valence-electron chi connectivity index (χ4n) is 2.25. The summed E-state index contributed by atoms with van der Waals surface area (Å²) in [6.07, 6.45) is 1.36. The van der Waals surface area contributed by atoms with Crippen LogP contribution >= 0.6 is 11.6 Å². The molecule has 0 radical (unpaired) electrons. The molecule has 1 unspecified atom stereocenters. The molecule has 0 aliphatic carbocycles. The summed E-state index contributed by atoms with van der Waals surface area (Å²) in [6.45, 7) is 4.85. The Balaban J connectivity index is 2.25. The summed E-state index contributed by atoms with van der Waals surface area (Å²) in [6, 6.07) is 6.12. The van der Waals surface area contributed by atoms with E-state index in [-0.39, 0.29) is 11.9 Å². The van der Waals surface area contributed by atoms with Gasteiger partial charge in [0.25, 0.3) is 0 Å². The number of aryl methyl sites for hydroxylation is 2. The van der Waals surface area contributed by atoms with Gasteiger partial charge in [-0.15, -0.1) is 0 Å². The van der Waals surface area contributed by atoms with Gasteiger partial charge in [-0.2, -0.15) is 5.10 Å². The SMILES string of the molecule is CCc1cc(C(N)Cc2cc(F)ccc2Cl)n(CC)n1. The summed E-state index contributed by atoms with van der Waals surface area (Å²) < 4.78 is 15.2. The summed E-state index contributed by atoms with van der Waals surface area (Å²) in [4.78, 5) is 0. The monoisotopic (exact) mass is 295 g/mol. The first-order valence-electron chi connectivity index (χ1n) is 6.81. The second kappa shape index (κ2) is 6.37. The molecular formula is C15H19ClFN3. The molecule has 0 spiro atoms. The predicted octanol–water partition coefficient (Wildman–Crippen LogP) is 3.50. The molecule has 1 aromatic heterocycles. The molecule has 0 saturated heterocycles. The molecule has 20 heavy (non-hydrogen) atoms. The average Bonchev–Trinajstić information content (AvgIpc) is 2.86. The number of benzene rings is 1. The maximum absolute atomic E-state index is 13.3. The van der Waals surface area contributed by atoms with Crippen LogP contribution in [0.25, 0.3) is 0 Å². The molecule has 0 amide bonds. The Morgan fingerprint density at radius 1 is 1.35 bits per heavy atom. The van der Waals surface area contributed by atoms with Gasteiger partial charge in [0.15, 0.2) is 0 Å². The molecule has 1 atom stereocenters. The Labute approximate surface area is 123 Å². The summed E-state index contributed by atoms with van der Waals surface area (Å²) >= 11 is 6.09. The van der Waals surface area contributed by atoms with Crippen LogP contribution < -0.4 is 5.73 Å². The second-order valence-electron chi connectivity index (χ2n) is 4.78. The highest BCUT2D eigenvalue weighted by Gasteiger charge is 2.16. The predicted molar refractivity (Wildman–Crippen MR) is 79.3 cm³/mol. The van der Waals surface area contributed by atoms with E-state index in [1.54, 1.807) is 6.07 Å². The van der Waals surface area contributed by atoms with Gasteiger partial charge in [-0.25, -0.2) is 4.39 Å². The lowest BCUT2D eigenvalue weighted by Gasteiger charge is -2.14. The number of rotatable bonds is 5. The van der Waals surface area contributed by atoms with Gasteiger partial charge in [0.1, 0.15) is 5.82 Å². The number of aromatic nitrogens is 2. The summed E-state index contributed by atoms with van der Waals surface area (Å²) in [5.41, 5.74) is 8.95. The van der Waals surface area contributed by atoms with Crippen LogP contribution in [0.5, 0.6) is 0 Å². The van der Waals surface area contributed by atoms with Crippen LogP contribution in [0.3, 0.4) is 0 Å². The minimum absolute atomic E-state index is 0.248. The molecule has 0 aliphatic heterocycles. The molecule has 2 N–H and O–H groups in total. The number of nitrogens with zero attached hydrogens (tertiary/aromatic N) is 2. The zero-order valence-corrected chi connectivity index (χ0v) is 12.5. The van der Waals surface area contributed by atoms with Crippen LogP contribution in [0.4, 0.5) is 4.39 Å². The number of hydrogen-bond donors (Lipinski definition) is 1. The molecule has 2 rings (SSSR count). The largest absolute Gasteiger partial charge is 0.322 e. The summed E-state index contributed by atoms with van der Waals surface area (Å²) in [5.74, 6) is -0.296. The van der Waals surface area contributed by atoms with Crippen LogP contribution in [-0.2, 0) is 19.4 Å².